The van der Waals surface area contributed by atoms with Crippen LogP contribution < -0.4 is 4.90 Å². The van der Waals surface area contributed by atoms with E-state index in [1.54, 1.807) is 17.8 Å². The van der Waals surface area contributed by atoms with Crippen LogP contribution in [0.3, 0.4) is 0 Å². The Labute approximate surface area is 177 Å². The molecule has 0 amide bonds. The summed E-state index contributed by atoms with van der Waals surface area (Å²) >= 11 is 5.04. The molecule has 0 radical (unpaired) electrons. The second kappa shape index (κ2) is 7.65. The molecule has 2 aromatic carbocycles. The summed E-state index contributed by atoms with van der Waals surface area (Å²) in [6, 6.07) is 15.0. The van der Waals surface area contributed by atoms with Crippen LogP contribution in [0.1, 0.15) is 22.8 Å². The fraction of sp³-hybridized carbons (Fsp3) is 0.300. The van der Waals surface area contributed by atoms with Crippen molar-refractivity contribution in [3.63, 3.8) is 0 Å². The summed E-state index contributed by atoms with van der Waals surface area (Å²) in [5.74, 6) is 0.899. The Morgan fingerprint density at radius 3 is 2.68 bits per heavy atom. The van der Waals surface area contributed by atoms with Gasteiger partial charge in [-0.05, 0) is 36.8 Å². The fourth-order valence-corrected chi connectivity index (χ4v) is 6.73. The predicted octanol–water partition coefficient (Wildman–Crippen LogP) is 3.93. The summed E-state index contributed by atoms with van der Waals surface area (Å²) in [5, 5.41) is 0.813. The fourth-order valence-electron chi connectivity index (χ4n) is 3.54. The number of hydrogen-bond acceptors (Lipinski definition) is 6. The molecule has 8 heteroatoms. The molecule has 0 N–H and O–H groups in total. The first-order valence-electron chi connectivity index (χ1n) is 8.88. The summed E-state index contributed by atoms with van der Waals surface area (Å²) in [5.41, 5.74) is 2.59. The quantitative estimate of drug-likeness (QED) is 0.622. The van der Waals surface area contributed by atoms with Gasteiger partial charge in [0.1, 0.15) is 0 Å². The topological polar surface area (TPSA) is 66.8 Å². The Kier molecular flexibility index (Phi) is 5.37. The smallest absolute Gasteiger partial charge is 0.164 e. The first-order valence-corrected chi connectivity index (χ1v) is 12.5. The highest BCUT2D eigenvalue weighted by Crippen LogP contribution is 2.36. The number of aliphatic imine (C=N–C) groups is 1. The number of thioether (sulfide) groups is 1. The summed E-state index contributed by atoms with van der Waals surface area (Å²) in [6.45, 7) is 1.53. The number of halogens is 1. The molecule has 0 aliphatic carbocycles. The number of rotatable bonds is 4. The highest BCUT2D eigenvalue weighted by Gasteiger charge is 2.47. The molecule has 28 heavy (non-hydrogen) atoms. The predicted molar refractivity (Wildman–Crippen MR) is 118 cm³/mol. The number of carbonyl (C=O) groups is 1. The summed E-state index contributed by atoms with van der Waals surface area (Å²) in [4.78, 5) is 18.6. The van der Waals surface area contributed by atoms with Crippen molar-refractivity contribution in [2.45, 2.75) is 24.8 Å². The molecule has 1 saturated heterocycles. The average molecular weight is 479 g/mol. The average Bonchev–Trinajstić information content (AvgIpc) is 3.12. The highest BCUT2D eigenvalue weighted by molar-refractivity contribution is 9.10. The SMILES string of the molecule is CC(=O)c1cccc(N2C(SCc3ccc(Br)cc3)=NC3CS(=O)(=O)CC32)c1. The van der Waals surface area contributed by atoms with Crippen molar-refractivity contribution in [1.29, 1.82) is 0 Å². The maximum Gasteiger partial charge on any atom is 0.164 e. The lowest BCUT2D eigenvalue weighted by Gasteiger charge is -2.26. The van der Waals surface area contributed by atoms with E-state index in [0.29, 0.717) is 5.56 Å². The molecule has 146 valence electrons. The monoisotopic (exact) mass is 478 g/mol. The van der Waals surface area contributed by atoms with E-state index in [1.165, 1.54) is 6.92 Å². The molecule has 0 aromatic heterocycles. The third-order valence-corrected chi connectivity index (χ3v) is 8.18. The third kappa shape index (κ3) is 4.04. The molecule has 0 bridgehead atoms. The Balaban J connectivity index is 1.64. The van der Waals surface area contributed by atoms with Gasteiger partial charge in [-0.1, -0.05) is 52.0 Å². The first-order chi connectivity index (χ1) is 13.3. The van der Waals surface area contributed by atoms with E-state index in [2.05, 4.69) is 28.1 Å². The van der Waals surface area contributed by atoms with Gasteiger partial charge < -0.3 is 4.90 Å². The minimum Gasteiger partial charge on any atom is -0.315 e. The number of fused-ring (bicyclic) bond motifs is 1. The van der Waals surface area contributed by atoms with Gasteiger partial charge in [0.15, 0.2) is 20.8 Å². The van der Waals surface area contributed by atoms with Crippen LogP contribution in [0.4, 0.5) is 5.69 Å². The highest BCUT2D eigenvalue weighted by atomic mass is 79.9. The molecular weight excluding hydrogens is 460 g/mol. The van der Waals surface area contributed by atoms with E-state index >= 15 is 0 Å². The van der Waals surface area contributed by atoms with E-state index in [-0.39, 0.29) is 29.4 Å². The van der Waals surface area contributed by atoms with Crippen molar-refractivity contribution in [3.05, 3.63) is 64.1 Å². The molecule has 2 aromatic rings. The maximum absolute atomic E-state index is 12.2. The Morgan fingerprint density at radius 1 is 1.21 bits per heavy atom. The molecule has 2 unspecified atom stereocenters. The van der Waals surface area contributed by atoms with Crippen LogP contribution >= 0.6 is 27.7 Å². The largest absolute Gasteiger partial charge is 0.315 e. The van der Waals surface area contributed by atoms with Gasteiger partial charge in [-0.25, -0.2) is 8.42 Å². The molecule has 0 spiro atoms. The first kappa shape index (κ1) is 19.7. The maximum atomic E-state index is 12.2. The Morgan fingerprint density at radius 2 is 1.96 bits per heavy atom. The van der Waals surface area contributed by atoms with Crippen LogP contribution in [0.25, 0.3) is 0 Å². The van der Waals surface area contributed by atoms with Gasteiger partial charge in [0.2, 0.25) is 0 Å². The van der Waals surface area contributed by atoms with Crippen LogP contribution in [0.2, 0.25) is 0 Å². The number of ketones is 1. The number of sulfone groups is 1. The molecule has 2 aliphatic heterocycles. The lowest BCUT2D eigenvalue weighted by Crippen LogP contribution is -2.39. The summed E-state index contributed by atoms with van der Waals surface area (Å²) < 4.78 is 25.3. The molecule has 2 atom stereocenters. The van der Waals surface area contributed by atoms with Crippen LogP contribution in [0.15, 0.2) is 58.0 Å². The zero-order valence-electron chi connectivity index (χ0n) is 15.2. The van der Waals surface area contributed by atoms with Gasteiger partial charge >= 0.3 is 0 Å². The van der Waals surface area contributed by atoms with Gasteiger partial charge in [0.25, 0.3) is 0 Å². The lowest BCUT2D eigenvalue weighted by atomic mass is 10.1. The van der Waals surface area contributed by atoms with Crippen molar-refractivity contribution < 1.29 is 13.2 Å². The minimum atomic E-state index is -3.10. The lowest BCUT2D eigenvalue weighted by molar-refractivity contribution is 0.101. The van der Waals surface area contributed by atoms with E-state index in [9.17, 15) is 13.2 Å². The molecule has 5 nitrogen and oxygen atoms in total. The second-order valence-electron chi connectivity index (χ2n) is 7.01. The second-order valence-corrected chi connectivity index (χ2v) is 11.0. The molecule has 2 heterocycles. The van der Waals surface area contributed by atoms with E-state index in [4.69, 9.17) is 4.99 Å². The van der Waals surface area contributed by atoms with Crippen molar-refractivity contribution >= 4 is 54.2 Å². The van der Waals surface area contributed by atoms with E-state index in [1.807, 2.05) is 35.2 Å². The minimum absolute atomic E-state index is 0.0161. The number of nitrogens with zero attached hydrogens (tertiary/aromatic N) is 2. The van der Waals surface area contributed by atoms with Gasteiger partial charge in [-0.15, -0.1) is 0 Å². The third-order valence-electron chi connectivity index (χ3n) is 4.92. The zero-order valence-corrected chi connectivity index (χ0v) is 18.4. The van der Waals surface area contributed by atoms with Gasteiger partial charge in [0, 0.05) is 21.5 Å². The number of hydrogen-bond donors (Lipinski definition) is 0. The van der Waals surface area contributed by atoms with E-state index < -0.39 is 9.84 Å². The molecule has 4 rings (SSSR count). The van der Waals surface area contributed by atoms with Crippen molar-refractivity contribution in [2.24, 2.45) is 4.99 Å². The molecule has 2 aliphatic rings. The van der Waals surface area contributed by atoms with Crippen molar-refractivity contribution in [3.8, 4) is 0 Å². The van der Waals surface area contributed by atoms with Crippen LogP contribution in [-0.4, -0.2) is 43.0 Å². The molecular formula is C20H19BrN2O3S2. The number of carbonyl (C=O) groups excluding carboxylic acids is 1. The van der Waals surface area contributed by atoms with Crippen LogP contribution in [0, 0.1) is 0 Å². The van der Waals surface area contributed by atoms with Crippen molar-refractivity contribution in [2.75, 3.05) is 16.4 Å². The van der Waals surface area contributed by atoms with Gasteiger partial charge in [-0.3, -0.25) is 9.79 Å². The van der Waals surface area contributed by atoms with Crippen LogP contribution in [-0.2, 0) is 15.6 Å². The van der Waals surface area contributed by atoms with Gasteiger partial charge in [0.05, 0.1) is 23.6 Å². The standard InChI is InChI=1S/C20H19BrN2O3S2/c1-13(24)15-3-2-4-17(9-15)23-19-12-28(25,26)11-18(19)22-20(23)27-10-14-5-7-16(21)8-6-14/h2-9,18-19H,10-12H2,1H3. The van der Waals surface area contributed by atoms with Crippen molar-refractivity contribution in [1.82, 2.24) is 0 Å². The number of benzene rings is 2. The Hall–Kier alpha value is -1.64. The summed E-state index contributed by atoms with van der Waals surface area (Å²) in [6.07, 6.45) is 0. The zero-order chi connectivity index (χ0) is 19.9. The number of amidine groups is 1. The molecule has 1 fully saturated rings. The normalized spacial score (nSPS) is 22.8. The van der Waals surface area contributed by atoms with Crippen LogP contribution in [0.5, 0.6) is 0 Å². The Bertz CT molecular complexity index is 1050. The van der Waals surface area contributed by atoms with Gasteiger partial charge in [-0.2, -0.15) is 0 Å². The number of anilines is 1. The number of Topliss-reactive ketones (excluding diaryl/α,β-unsaturated/α-hetero) is 1. The molecule has 0 saturated carbocycles. The van der Waals surface area contributed by atoms with E-state index in [0.717, 1.165) is 26.6 Å². The summed E-state index contributed by atoms with van der Waals surface area (Å²) in [7, 11) is -3.10.